The highest BCUT2D eigenvalue weighted by Gasteiger charge is 2.39. The third kappa shape index (κ3) is 2.87. The van der Waals surface area contributed by atoms with Gasteiger partial charge in [-0.25, -0.2) is 0 Å². The Balaban J connectivity index is 2.06. The molecule has 2 saturated heterocycles. The van der Waals surface area contributed by atoms with Crippen LogP contribution in [-0.2, 0) is 0 Å². The molecule has 2 rings (SSSR count). The van der Waals surface area contributed by atoms with Gasteiger partial charge in [0.2, 0.25) is 0 Å². The second kappa shape index (κ2) is 5.87. The Morgan fingerprint density at radius 1 is 1.11 bits per heavy atom. The summed E-state index contributed by atoms with van der Waals surface area (Å²) in [6, 6.07) is 0.656. The summed E-state index contributed by atoms with van der Waals surface area (Å²) in [6.45, 7) is 9.11. The highest BCUT2D eigenvalue weighted by molar-refractivity contribution is 4.97. The Labute approximate surface area is 112 Å². The van der Waals surface area contributed by atoms with Crippen LogP contribution in [-0.4, -0.2) is 79.6 Å². The Bertz CT molecular complexity index is 271. The van der Waals surface area contributed by atoms with E-state index in [2.05, 4.69) is 35.7 Å². The normalized spacial score (nSPS) is 37.7. The van der Waals surface area contributed by atoms with Crippen LogP contribution < -0.4 is 5.73 Å². The van der Waals surface area contributed by atoms with E-state index in [0.29, 0.717) is 6.04 Å². The lowest BCUT2D eigenvalue weighted by Crippen LogP contribution is -2.62. The van der Waals surface area contributed by atoms with Gasteiger partial charge < -0.3 is 15.5 Å². The van der Waals surface area contributed by atoms with E-state index in [1.54, 1.807) is 0 Å². The lowest BCUT2D eigenvalue weighted by molar-refractivity contribution is 0.0101. The fourth-order valence-electron chi connectivity index (χ4n) is 3.44. The van der Waals surface area contributed by atoms with Crippen LogP contribution in [0.15, 0.2) is 0 Å². The van der Waals surface area contributed by atoms with Crippen molar-refractivity contribution in [2.45, 2.75) is 37.8 Å². The molecular weight excluding hydrogens is 224 g/mol. The summed E-state index contributed by atoms with van der Waals surface area (Å²) >= 11 is 0. The van der Waals surface area contributed by atoms with Crippen LogP contribution in [0.1, 0.15) is 26.2 Å². The monoisotopic (exact) mass is 254 g/mol. The molecule has 2 aliphatic heterocycles. The molecule has 2 unspecified atom stereocenters. The molecule has 0 aromatic heterocycles. The van der Waals surface area contributed by atoms with Crippen LogP contribution in [0.3, 0.4) is 0 Å². The number of hydrogen-bond acceptors (Lipinski definition) is 4. The van der Waals surface area contributed by atoms with Crippen molar-refractivity contribution in [2.75, 3.05) is 53.4 Å². The van der Waals surface area contributed by atoms with Gasteiger partial charge in [-0.15, -0.1) is 0 Å². The molecule has 2 N–H and O–H groups in total. The molecule has 0 radical (unpaired) electrons. The minimum absolute atomic E-state index is 0.264. The summed E-state index contributed by atoms with van der Waals surface area (Å²) in [7, 11) is 4.47. The van der Waals surface area contributed by atoms with Gasteiger partial charge in [0.15, 0.2) is 0 Å². The quantitative estimate of drug-likeness (QED) is 0.775. The standard InChI is InChI=1S/C14H30N4/c1-13-11-18(10-9-17(13)3)14(12-15)5-4-7-16(2)8-6-14/h13H,4-12,15H2,1-3H3. The molecule has 0 spiro atoms. The summed E-state index contributed by atoms with van der Waals surface area (Å²) in [5, 5.41) is 0. The summed E-state index contributed by atoms with van der Waals surface area (Å²) in [5.74, 6) is 0. The minimum atomic E-state index is 0.264. The topological polar surface area (TPSA) is 35.7 Å². The first-order valence-electron chi connectivity index (χ1n) is 7.41. The van der Waals surface area contributed by atoms with Crippen LogP contribution in [0.4, 0.5) is 0 Å². The summed E-state index contributed by atoms with van der Waals surface area (Å²) in [4.78, 5) is 7.61. The molecule has 0 aromatic rings. The highest BCUT2D eigenvalue weighted by Crippen LogP contribution is 2.29. The molecule has 0 aliphatic carbocycles. The average molecular weight is 254 g/mol. The molecule has 0 aromatic carbocycles. The van der Waals surface area contributed by atoms with Crippen LogP contribution in [0.2, 0.25) is 0 Å². The molecule has 0 bridgehead atoms. The van der Waals surface area contributed by atoms with Crippen molar-refractivity contribution < 1.29 is 0 Å². The number of likely N-dealkylation sites (N-methyl/N-ethyl adjacent to an activating group) is 1. The number of rotatable bonds is 2. The van der Waals surface area contributed by atoms with Gasteiger partial charge in [-0.1, -0.05) is 0 Å². The number of hydrogen-bond donors (Lipinski definition) is 1. The van der Waals surface area contributed by atoms with E-state index in [-0.39, 0.29) is 5.54 Å². The summed E-state index contributed by atoms with van der Waals surface area (Å²) < 4.78 is 0. The SMILES string of the molecule is CC1CN(C2(CN)CCCN(C)CC2)CCN1C. The van der Waals surface area contributed by atoms with Crippen molar-refractivity contribution in [2.24, 2.45) is 5.73 Å². The summed E-state index contributed by atoms with van der Waals surface area (Å²) in [5.41, 5.74) is 6.45. The zero-order chi connectivity index (χ0) is 13.2. The van der Waals surface area contributed by atoms with E-state index in [1.165, 1.54) is 52.0 Å². The smallest absolute Gasteiger partial charge is 0.0345 e. The first-order valence-corrected chi connectivity index (χ1v) is 7.41. The maximum absolute atomic E-state index is 6.19. The van der Waals surface area contributed by atoms with Crippen LogP contribution in [0.25, 0.3) is 0 Å². The van der Waals surface area contributed by atoms with Crippen molar-refractivity contribution in [1.29, 1.82) is 0 Å². The molecule has 106 valence electrons. The molecular formula is C14H30N4. The number of nitrogens with zero attached hydrogens (tertiary/aromatic N) is 3. The molecule has 0 saturated carbocycles. The Morgan fingerprint density at radius 3 is 2.56 bits per heavy atom. The third-order valence-corrected chi connectivity index (χ3v) is 5.15. The maximum Gasteiger partial charge on any atom is 0.0345 e. The minimum Gasteiger partial charge on any atom is -0.329 e. The second-order valence-corrected chi connectivity index (χ2v) is 6.36. The predicted octanol–water partition coefficient (Wildman–Crippen LogP) is 0.436. The third-order valence-electron chi connectivity index (χ3n) is 5.15. The van der Waals surface area contributed by atoms with Crippen molar-refractivity contribution in [3.8, 4) is 0 Å². The predicted molar refractivity (Wildman–Crippen MR) is 76.8 cm³/mol. The van der Waals surface area contributed by atoms with Crippen LogP contribution >= 0.6 is 0 Å². The number of nitrogens with two attached hydrogens (primary N) is 1. The molecule has 2 heterocycles. The zero-order valence-electron chi connectivity index (χ0n) is 12.4. The van der Waals surface area contributed by atoms with E-state index in [4.69, 9.17) is 5.73 Å². The molecule has 4 nitrogen and oxygen atoms in total. The Morgan fingerprint density at radius 2 is 1.89 bits per heavy atom. The molecule has 2 fully saturated rings. The van der Waals surface area contributed by atoms with Crippen molar-refractivity contribution in [1.82, 2.24) is 14.7 Å². The van der Waals surface area contributed by atoms with Crippen molar-refractivity contribution in [3.05, 3.63) is 0 Å². The van der Waals surface area contributed by atoms with Crippen LogP contribution in [0, 0.1) is 0 Å². The number of piperazine rings is 1. The first kappa shape index (κ1) is 14.3. The first-order chi connectivity index (χ1) is 8.57. The molecule has 18 heavy (non-hydrogen) atoms. The van der Waals surface area contributed by atoms with E-state index >= 15 is 0 Å². The van der Waals surface area contributed by atoms with Gasteiger partial charge in [0.05, 0.1) is 0 Å². The van der Waals surface area contributed by atoms with E-state index < -0.39 is 0 Å². The van der Waals surface area contributed by atoms with Crippen LogP contribution in [0.5, 0.6) is 0 Å². The second-order valence-electron chi connectivity index (χ2n) is 6.36. The van der Waals surface area contributed by atoms with Gasteiger partial charge in [0.1, 0.15) is 0 Å². The van der Waals surface area contributed by atoms with Gasteiger partial charge >= 0.3 is 0 Å². The number of likely N-dealkylation sites (tertiary alicyclic amines) is 1. The fraction of sp³-hybridized carbons (Fsp3) is 1.00. The molecule has 4 heteroatoms. The fourth-order valence-corrected chi connectivity index (χ4v) is 3.44. The Hall–Kier alpha value is -0.160. The maximum atomic E-state index is 6.19. The van der Waals surface area contributed by atoms with E-state index in [0.717, 1.165) is 6.54 Å². The molecule has 0 amide bonds. The van der Waals surface area contributed by atoms with Gasteiger partial charge in [-0.2, -0.15) is 0 Å². The summed E-state index contributed by atoms with van der Waals surface area (Å²) in [6.07, 6.45) is 3.79. The van der Waals surface area contributed by atoms with Crippen molar-refractivity contribution >= 4 is 0 Å². The van der Waals surface area contributed by atoms with Gasteiger partial charge in [0, 0.05) is 37.8 Å². The van der Waals surface area contributed by atoms with Gasteiger partial charge in [-0.05, 0) is 53.4 Å². The lowest BCUT2D eigenvalue weighted by Gasteiger charge is -2.49. The Kier molecular flexibility index (Phi) is 4.64. The van der Waals surface area contributed by atoms with E-state index in [1.807, 2.05) is 0 Å². The largest absolute Gasteiger partial charge is 0.329 e. The van der Waals surface area contributed by atoms with Gasteiger partial charge in [0.25, 0.3) is 0 Å². The average Bonchev–Trinajstić information content (AvgIpc) is 2.56. The molecule has 2 aliphatic rings. The highest BCUT2D eigenvalue weighted by atomic mass is 15.3. The molecule has 2 atom stereocenters. The zero-order valence-corrected chi connectivity index (χ0v) is 12.4. The van der Waals surface area contributed by atoms with E-state index in [9.17, 15) is 0 Å². The lowest BCUT2D eigenvalue weighted by atomic mass is 9.87. The van der Waals surface area contributed by atoms with Crippen molar-refractivity contribution in [3.63, 3.8) is 0 Å². The van der Waals surface area contributed by atoms with Gasteiger partial charge in [-0.3, -0.25) is 4.90 Å².